The lowest BCUT2D eigenvalue weighted by Gasteiger charge is -2.34. The van der Waals surface area contributed by atoms with Crippen molar-refractivity contribution in [3.05, 3.63) is 78.1 Å². The van der Waals surface area contributed by atoms with Gasteiger partial charge >= 0.3 is 0 Å². The first-order valence-corrected chi connectivity index (χ1v) is 12.5. The number of ether oxygens (including phenoxy) is 2. The fourth-order valence-corrected chi connectivity index (χ4v) is 4.32. The van der Waals surface area contributed by atoms with E-state index in [1.165, 1.54) is 0 Å². The maximum Gasteiger partial charge on any atom is 0.247 e. The molecule has 0 bridgehead atoms. The van der Waals surface area contributed by atoms with E-state index >= 15 is 0 Å². The minimum Gasteiger partial charge on any atom is -0.454 e. The molecule has 38 heavy (non-hydrogen) atoms. The van der Waals surface area contributed by atoms with Crippen LogP contribution in [0, 0.1) is 0 Å². The van der Waals surface area contributed by atoms with Gasteiger partial charge in [0.05, 0.1) is 5.52 Å². The highest BCUT2D eigenvalue weighted by Gasteiger charge is 2.34. The molecule has 0 fully saturated rings. The second-order valence-corrected chi connectivity index (χ2v) is 9.85. The number of pyridine rings is 1. The summed E-state index contributed by atoms with van der Waals surface area (Å²) in [6, 6.07) is 15.6. The molecule has 1 atom stereocenters. The summed E-state index contributed by atoms with van der Waals surface area (Å²) in [4.78, 5) is 33.6. The molecule has 2 amide bonds. The van der Waals surface area contributed by atoms with Gasteiger partial charge in [-0.3, -0.25) is 14.6 Å². The summed E-state index contributed by atoms with van der Waals surface area (Å²) in [6.45, 7) is 6.15. The summed E-state index contributed by atoms with van der Waals surface area (Å²) in [5, 5.41) is 11.5. The first kappa shape index (κ1) is 25.2. The molecular formula is C28H30N6O4. The van der Waals surface area contributed by atoms with Crippen molar-refractivity contribution in [2.24, 2.45) is 0 Å². The molecule has 1 N–H and O–H groups in total. The minimum atomic E-state index is -0.906. The number of benzene rings is 2. The lowest BCUT2D eigenvalue weighted by Crippen LogP contribution is -2.50. The topological polar surface area (TPSA) is 111 Å². The Labute approximate surface area is 220 Å². The van der Waals surface area contributed by atoms with Crippen LogP contribution in [0.5, 0.6) is 11.5 Å². The van der Waals surface area contributed by atoms with Crippen molar-refractivity contribution in [1.82, 2.24) is 30.2 Å². The van der Waals surface area contributed by atoms with Crippen molar-refractivity contribution >= 4 is 22.8 Å². The normalized spacial score (nSPS) is 13.3. The van der Waals surface area contributed by atoms with E-state index in [4.69, 9.17) is 9.47 Å². The molecular weight excluding hydrogens is 484 g/mol. The molecule has 2 aromatic heterocycles. The van der Waals surface area contributed by atoms with Gasteiger partial charge < -0.3 is 19.7 Å². The molecule has 0 saturated carbocycles. The van der Waals surface area contributed by atoms with Gasteiger partial charge in [-0.25, -0.2) is 4.68 Å². The Morgan fingerprint density at radius 2 is 1.84 bits per heavy atom. The zero-order chi connectivity index (χ0) is 26.7. The van der Waals surface area contributed by atoms with Crippen molar-refractivity contribution in [3.8, 4) is 11.5 Å². The molecule has 0 radical (unpaired) electrons. The number of carbonyl (C=O) groups excluding carboxylic acids is 2. The monoisotopic (exact) mass is 514 g/mol. The third-order valence-electron chi connectivity index (χ3n) is 6.74. The van der Waals surface area contributed by atoms with Crippen LogP contribution in [0.4, 0.5) is 0 Å². The van der Waals surface area contributed by atoms with E-state index < -0.39 is 11.6 Å². The van der Waals surface area contributed by atoms with Crippen LogP contribution in [0.25, 0.3) is 11.0 Å². The number of nitrogens with one attached hydrogen (secondary N) is 1. The Hall–Kier alpha value is -4.47. The zero-order valence-electron chi connectivity index (χ0n) is 21.6. The van der Waals surface area contributed by atoms with Crippen LogP contribution in [-0.4, -0.2) is 49.0 Å². The van der Waals surface area contributed by atoms with Gasteiger partial charge in [-0.2, -0.15) is 0 Å². The van der Waals surface area contributed by atoms with Gasteiger partial charge in [0.2, 0.25) is 18.6 Å². The van der Waals surface area contributed by atoms with E-state index in [0.717, 1.165) is 17.5 Å². The molecule has 10 nitrogen and oxygen atoms in total. The van der Waals surface area contributed by atoms with Crippen molar-refractivity contribution in [2.75, 3.05) is 6.79 Å². The van der Waals surface area contributed by atoms with Gasteiger partial charge in [0.1, 0.15) is 18.1 Å². The average Bonchev–Trinajstić information content (AvgIpc) is 3.55. The van der Waals surface area contributed by atoms with Crippen LogP contribution in [0.15, 0.2) is 67.0 Å². The standard InChI is InChI=1S/C28H30N6O4/c1-4-28(2,3)30-27(36)26(20-11-13-29-14-12-20)33(16-19-9-10-23-24(15-19)38-18-37-23)25(35)17-34-22-8-6-5-7-21(22)31-32-34/h5-15,26H,4,16-18H2,1-3H3,(H,30,36). The van der Waals surface area contributed by atoms with Gasteiger partial charge in [0, 0.05) is 24.5 Å². The molecule has 3 heterocycles. The number of aromatic nitrogens is 4. The van der Waals surface area contributed by atoms with Gasteiger partial charge in [-0.15, -0.1) is 5.10 Å². The molecule has 2 aromatic carbocycles. The Kier molecular flexibility index (Phi) is 6.95. The predicted molar refractivity (Wildman–Crippen MR) is 140 cm³/mol. The Balaban J connectivity index is 1.54. The summed E-state index contributed by atoms with van der Waals surface area (Å²) in [6.07, 6.45) is 3.96. The van der Waals surface area contributed by atoms with Crippen LogP contribution in [0.1, 0.15) is 44.4 Å². The van der Waals surface area contributed by atoms with Crippen molar-refractivity contribution < 1.29 is 19.1 Å². The Morgan fingerprint density at radius 3 is 2.63 bits per heavy atom. The van der Waals surface area contributed by atoms with E-state index in [9.17, 15) is 9.59 Å². The van der Waals surface area contributed by atoms with E-state index in [1.54, 1.807) is 34.1 Å². The zero-order valence-corrected chi connectivity index (χ0v) is 21.6. The number of carbonyl (C=O) groups is 2. The molecule has 196 valence electrons. The number of nitrogens with zero attached hydrogens (tertiary/aromatic N) is 5. The Morgan fingerprint density at radius 1 is 1.08 bits per heavy atom. The molecule has 0 saturated heterocycles. The maximum absolute atomic E-state index is 14.0. The SMILES string of the molecule is CCC(C)(C)NC(=O)C(c1ccncc1)N(Cc1ccc2c(c1)OCO2)C(=O)Cn1nnc2ccccc21. The third kappa shape index (κ3) is 5.29. The third-order valence-corrected chi connectivity index (χ3v) is 6.74. The summed E-state index contributed by atoms with van der Waals surface area (Å²) in [5.41, 5.74) is 2.42. The first-order chi connectivity index (χ1) is 18.3. The molecule has 0 aliphatic carbocycles. The molecule has 4 aromatic rings. The quantitative estimate of drug-likeness (QED) is 0.363. The van der Waals surface area contributed by atoms with Gasteiger partial charge in [-0.1, -0.05) is 30.3 Å². The second-order valence-electron chi connectivity index (χ2n) is 9.85. The van der Waals surface area contributed by atoms with Crippen LogP contribution in [0.2, 0.25) is 0 Å². The van der Waals surface area contributed by atoms with Crippen LogP contribution < -0.4 is 14.8 Å². The van der Waals surface area contributed by atoms with Crippen LogP contribution in [0.3, 0.4) is 0 Å². The number of hydrogen-bond donors (Lipinski definition) is 1. The van der Waals surface area contributed by atoms with Gasteiger partial charge in [-0.05, 0) is 67.8 Å². The fourth-order valence-electron chi connectivity index (χ4n) is 4.32. The van der Waals surface area contributed by atoms with Gasteiger partial charge in [0.25, 0.3) is 0 Å². The molecule has 1 aliphatic heterocycles. The van der Waals surface area contributed by atoms with Crippen LogP contribution in [-0.2, 0) is 22.7 Å². The number of rotatable bonds is 9. The van der Waals surface area contributed by atoms with E-state index in [2.05, 4.69) is 20.6 Å². The molecule has 5 rings (SSSR count). The molecule has 0 spiro atoms. The average molecular weight is 515 g/mol. The van der Waals surface area contributed by atoms with Gasteiger partial charge in [0.15, 0.2) is 11.5 Å². The van der Waals surface area contributed by atoms with Crippen LogP contribution >= 0.6 is 0 Å². The van der Waals surface area contributed by atoms with Crippen molar-refractivity contribution in [3.63, 3.8) is 0 Å². The second kappa shape index (κ2) is 10.5. The summed E-state index contributed by atoms with van der Waals surface area (Å²) < 4.78 is 12.6. The highest BCUT2D eigenvalue weighted by atomic mass is 16.7. The highest BCUT2D eigenvalue weighted by Crippen LogP contribution is 2.34. The van der Waals surface area contributed by atoms with Crippen molar-refractivity contribution in [2.45, 2.75) is 51.9 Å². The number of para-hydroxylation sites is 1. The fraction of sp³-hybridized carbons (Fsp3) is 0.321. The number of hydrogen-bond acceptors (Lipinski definition) is 7. The summed E-state index contributed by atoms with van der Waals surface area (Å²) in [7, 11) is 0. The van der Waals surface area contributed by atoms with E-state index in [-0.39, 0.29) is 31.7 Å². The van der Waals surface area contributed by atoms with Crippen molar-refractivity contribution in [1.29, 1.82) is 0 Å². The predicted octanol–water partition coefficient (Wildman–Crippen LogP) is 3.63. The largest absolute Gasteiger partial charge is 0.454 e. The maximum atomic E-state index is 14.0. The molecule has 1 unspecified atom stereocenters. The molecule has 1 aliphatic rings. The smallest absolute Gasteiger partial charge is 0.247 e. The minimum absolute atomic E-state index is 0.0862. The molecule has 10 heteroatoms. The summed E-state index contributed by atoms with van der Waals surface area (Å²) in [5.74, 6) is 0.688. The lowest BCUT2D eigenvalue weighted by atomic mass is 9.98. The highest BCUT2D eigenvalue weighted by molar-refractivity contribution is 5.89. The Bertz CT molecular complexity index is 1450. The summed E-state index contributed by atoms with van der Waals surface area (Å²) >= 11 is 0. The van der Waals surface area contributed by atoms with E-state index in [1.807, 2.05) is 63.2 Å². The first-order valence-electron chi connectivity index (χ1n) is 12.5. The lowest BCUT2D eigenvalue weighted by molar-refractivity contribution is -0.143. The van der Waals surface area contributed by atoms with E-state index in [0.29, 0.717) is 22.6 Å². The number of fused-ring (bicyclic) bond motifs is 2. The number of amides is 2.